The molecule has 21 heavy (non-hydrogen) atoms. The molecule has 5 nitrogen and oxygen atoms in total. The van der Waals surface area contributed by atoms with Crippen molar-refractivity contribution in [2.45, 2.75) is 13.3 Å². The van der Waals surface area contributed by atoms with Crippen molar-refractivity contribution < 1.29 is 19.1 Å². The first-order valence-electron chi connectivity index (χ1n) is 6.96. The van der Waals surface area contributed by atoms with Crippen molar-refractivity contribution in [1.82, 2.24) is 4.90 Å². The number of hydrogen-bond donors (Lipinski definition) is 2. The Hall–Kier alpha value is -1.95. The maximum atomic E-state index is 13.0. The van der Waals surface area contributed by atoms with Crippen LogP contribution in [0.3, 0.4) is 0 Å². The van der Waals surface area contributed by atoms with Gasteiger partial charge in [0.05, 0.1) is 5.92 Å². The minimum Gasteiger partial charge on any atom is -0.481 e. The van der Waals surface area contributed by atoms with Crippen LogP contribution in [0.1, 0.15) is 13.3 Å². The zero-order valence-electron chi connectivity index (χ0n) is 11.9. The Morgan fingerprint density at radius 3 is 2.81 bits per heavy atom. The van der Waals surface area contributed by atoms with Gasteiger partial charge in [-0.2, -0.15) is 0 Å². The molecule has 114 valence electrons. The smallest absolute Gasteiger partial charge is 0.308 e. The van der Waals surface area contributed by atoms with Gasteiger partial charge in [-0.3, -0.25) is 9.59 Å². The fourth-order valence-electron chi connectivity index (χ4n) is 2.62. The van der Waals surface area contributed by atoms with Crippen LogP contribution in [0.4, 0.5) is 10.1 Å². The third kappa shape index (κ3) is 4.26. The van der Waals surface area contributed by atoms with Gasteiger partial charge in [0.25, 0.3) is 0 Å². The molecule has 1 saturated heterocycles. The number of carboxylic acid groups (broad SMARTS) is 1. The van der Waals surface area contributed by atoms with Crippen LogP contribution in [-0.4, -0.2) is 41.5 Å². The predicted octanol–water partition coefficient (Wildman–Crippen LogP) is 1.81. The van der Waals surface area contributed by atoms with E-state index in [4.69, 9.17) is 5.11 Å². The van der Waals surface area contributed by atoms with Gasteiger partial charge in [-0.1, -0.05) is 13.0 Å². The first-order valence-corrected chi connectivity index (χ1v) is 6.96. The SMILES string of the molecule is C[C@@H]1CN(CCC(=O)Nc2cccc(F)c2)C[C@H]1C(=O)O. The zero-order chi connectivity index (χ0) is 15.4. The summed E-state index contributed by atoms with van der Waals surface area (Å²) in [7, 11) is 0. The summed E-state index contributed by atoms with van der Waals surface area (Å²) in [5, 5.41) is 11.7. The lowest BCUT2D eigenvalue weighted by Gasteiger charge is -2.14. The normalized spacial score (nSPS) is 22.2. The van der Waals surface area contributed by atoms with Gasteiger partial charge < -0.3 is 15.3 Å². The second kappa shape index (κ2) is 6.67. The number of amides is 1. The Kier molecular flexibility index (Phi) is 4.90. The number of aliphatic carboxylic acids is 1. The lowest BCUT2D eigenvalue weighted by molar-refractivity contribution is -0.142. The zero-order valence-corrected chi connectivity index (χ0v) is 11.9. The van der Waals surface area contributed by atoms with Gasteiger partial charge in [-0.15, -0.1) is 0 Å². The molecule has 1 aromatic rings. The van der Waals surface area contributed by atoms with E-state index in [2.05, 4.69) is 5.32 Å². The van der Waals surface area contributed by atoms with E-state index in [-0.39, 0.29) is 24.2 Å². The van der Waals surface area contributed by atoms with Crippen LogP contribution < -0.4 is 5.32 Å². The summed E-state index contributed by atoms with van der Waals surface area (Å²) >= 11 is 0. The summed E-state index contributed by atoms with van der Waals surface area (Å²) in [5.74, 6) is -1.66. The number of carbonyl (C=O) groups excluding carboxylic acids is 1. The Morgan fingerprint density at radius 2 is 2.19 bits per heavy atom. The quantitative estimate of drug-likeness (QED) is 0.869. The Morgan fingerprint density at radius 1 is 1.43 bits per heavy atom. The second-order valence-electron chi connectivity index (χ2n) is 5.49. The van der Waals surface area contributed by atoms with Gasteiger partial charge in [0.1, 0.15) is 5.82 Å². The third-order valence-corrected chi connectivity index (χ3v) is 3.77. The van der Waals surface area contributed by atoms with Crippen molar-refractivity contribution in [3.8, 4) is 0 Å². The largest absolute Gasteiger partial charge is 0.481 e. The second-order valence-corrected chi connectivity index (χ2v) is 5.49. The minimum atomic E-state index is -0.783. The first kappa shape index (κ1) is 15.4. The van der Waals surface area contributed by atoms with Crippen LogP contribution in [0, 0.1) is 17.7 Å². The number of likely N-dealkylation sites (tertiary alicyclic amines) is 1. The van der Waals surface area contributed by atoms with Gasteiger partial charge in [-0.25, -0.2) is 4.39 Å². The Labute approximate surface area is 122 Å². The van der Waals surface area contributed by atoms with E-state index in [1.807, 2.05) is 11.8 Å². The van der Waals surface area contributed by atoms with E-state index >= 15 is 0 Å². The topological polar surface area (TPSA) is 69.6 Å². The van der Waals surface area contributed by atoms with Gasteiger partial charge in [-0.05, 0) is 24.1 Å². The first-order chi connectivity index (χ1) is 9.95. The minimum absolute atomic E-state index is 0.0915. The molecule has 2 atom stereocenters. The van der Waals surface area contributed by atoms with Crippen LogP contribution in [0.15, 0.2) is 24.3 Å². The molecule has 2 N–H and O–H groups in total. The van der Waals surface area contributed by atoms with Crippen molar-refractivity contribution in [3.63, 3.8) is 0 Å². The molecule has 1 aliphatic rings. The lowest BCUT2D eigenvalue weighted by Crippen LogP contribution is -2.27. The highest BCUT2D eigenvalue weighted by atomic mass is 19.1. The van der Waals surface area contributed by atoms with Crippen LogP contribution in [0.5, 0.6) is 0 Å². The fraction of sp³-hybridized carbons (Fsp3) is 0.467. The van der Waals surface area contributed by atoms with Crippen molar-refractivity contribution in [2.24, 2.45) is 11.8 Å². The lowest BCUT2D eigenvalue weighted by atomic mass is 9.99. The summed E-state index contributed by atoms with van der Waals surface area (Å²) in [4.78, 5) is 24.8. The summed E-state index contributed by atoms with van der Waals surface area (Å²) < 4.78 is 13.0. The van der Waals surface area contributed by atoms with E-state index in [1.165, 1.54) is 18.2 Å². The van der Waals surface area contributed by atoms with Crippen molar-refractivity contribution in [1.29, 1.82) is 0 Å². The number of anilines is 1. The van der Waals surface area contributed by atoms with Crippen LogP contribution in [0.25, 0.3) is 0 Å². The van der Waals surface area contributed by atoms with Crippen LogP contribution >= 0.6 is 0 Å². The molecule has 0 radical (unpaired) electrons. The fourth-order valence-corrected chi connectivity index (χ4v) is 2.62. The molecule has 6 heteroatoms. The molecule has 1 aliphatic heterocycles. The molecule has 0 aliphatic carbocycles. The number of benzene rings is 1. The molecule has 0 saturated carbocycles. The van der Waals surface area contributed by atoms with E-state index in [9.17, 15) is 14.0 Å². The number of rotatable bonds is 5. The number of nitrogens with one attached hydrogen (secondary N) is 1. The van der Waals surface area contributed by atoms with E-state index in [0.717, 1.165) is 0 Å². The average Bonchev–Trinajstić information content (AvgIpc) is 2.78. The molecule has 1 aromatic carbocycles. The number of hydrogen-bond acceptors (Lipinski definition) is 3. The molecule has 0 unspecified atom stereocenters. The average molecular weight is 294 g/mol. The van der Waals surface area contributed by atoms with Crippen LogP contribution in [-0.2, 0) is 9.59 Å². The number of carbonyl (C=O) groups is 2. The maximum absolute atomic E-state index is 13.0. The van der Waals surface area contributed by atoms with E-state index in [1.54, 1.807) is 6.07 Å². The predicted molar refractivity (Wildman–Crippen MR) is 76.4 cm³/mol. The van der Waals surface area contributed by atoms with Gasteiger partial charge in [0.15, 0.2) is 0 Å². The van der Waals surface area contributed by atoms with Gasteiger partial charge in [0.2, 0.25) is 5.91 Å². The molecule has 0 spiro atoms. The molecule has 1 heterocycles. The summed E-state index contributed by atoms with van der Waals surface area (Å²) in [6.45, 7) is 3.58. The molecule has 2 rings (SSSR count). The van der Waals surface area contributed by atoms with Crippen LogP contribution in [0.2, 0.25) is 0 Å². The van der Waals surface area contributed by atoms with Crippen molar-refractivity contribution >= 4 is 17.6 Å². The molecule has 0 aromatic heterocycles. The molecule has 0 bridgehead atoms. The summed E-state index contributed by atoms with van der Waals surface area (Å²) in [5.41, 5.74) is 0.429. The monoisotopic (exact) mass is 294 g/mol. The summed E-state index contributed by atoms with van der Waals surface area (Å²) in [6.07, 6.45) is 0.259. The number of nitrogens with zero attached hydrogens (tertiary/aromatic N) is 1. The molecule has 1 amide bonds. The van der Waals surface area contributed by atoms with Gasteiger partial charge >= 0.3 is 5.97 Å². The molecular formula is C15H19FN2O3. The number of halogens is 1. The molecular weight excluding hydrogens is 275 g/mol. The van der Waals surface area contributed by atoms with Crippen molar-refractivity contribution in [2.75, 3.05) is 25.0 Å². The Balaban J connectivity index is 1.78. The van der Waals surface area contributed by atoms with E-state index < -0.39 is 11.8 Å². The number of carboxylic acids is 1. The highest BCUT2D eigenvalue weighted by Crippen LogP contribution is 2.23. The third-order valence-electron chi connectivity index (χ3n) is 3.77. The molecule has 1 fully saturated rings. The van der Waals surface area contributed by atoms with Crippen molar-refractivity contribution in [3.05, 3.63) is 30.1 Å². The summed E-state index contributed by atoms with van der Waals surface area (Å²) in [6, 6.07) is 5.73. The maximum Gasteiger partial charge on any atom is 0.308 e. The highest BCUT2D eigenvalue weighted by molar-refractivity contribution is 5.90. The highest BCUT2D eigenvalue weighted by Gasteiger charge is 2.34. The van der Waals surface area contributed by atoms with Gasteiger partial charge in [0, 0.05) is 31.7 Å². The standard InChI is InChI=1S/C15H19FN2O3/c1-10-8-18(9-13(10)15(20)21)6-5-14(19)17-12-4-2-3-11(16)7-12/h2-4,7,10,13H,5-6,8-9H2,1H3,(H,17,19)(H,20,21)/t10-,13-/m1/s1. The Bertz CT molecular complexity index is 535. The van der Waals surface area contributed by atoms with E-state index in [0.29, 0.717) is 25.3 Å².